The van der Waals surface area contributed by atoms with Crippen LogP contribution in [0.15, 0.2) is 72.6 Å². The smallest absolute Gasteiger partial charge is 0.245 e. The van der Waals surface area contributed by atoms with Crippen LogP contribution < -0.4 is 16.0 Å². The largest absolute Gasteiger partial charge is 0.368 e. The highest BCUT2D eigenvalue weighted by Gasteiger charge is 2.52. The molecule has 4 N–H and O–H groups in total. The number of nitrogens with one attached hydrogen (secondary N) is 3. The van der Waals surface area contributed by atoms with Crippen LogP contribution in [-0.4, -0.2) is 64.9 Å². The molecule has 5 atom stereocenters. The summed E-state index contributed by atoms with van der Waals surface area (Å²) < 4.78 is 12.4. The highest BCUT2D eigenvalue weighted by Crippen LogP contribution is 2.44. The zero-order valence-corrected chi connectivity index (χ0v) is 22.8. The van der Waals surface area contributed by atoms with Crippen LogP contribution in [0.2, 0.25) is 0 Å². The molecular formula is C31H35N5O5. The van der Waals surface area contributed by atoms with Crippen LogP contribution >= 0.6 is 0 Å². The minimum Gasteiger partial charge on any atom is -0.368 e. The van der Waals surface area contributed by atoms with Gasteiger partial charge in [-0.25, -0.2) is 4.98 Å². The summed E-state index contributed by atoms with van der Waals surface area (Å²) in [5.41, 5.74) is 1.78. The number of carbonyl (C=O) groups is 2. The van der Waals surface area contributed by atoms with Crippen molar-refractivity contribution in [2.45, 2.75) is 49.3 Å². The van der Waals surface area contributed by atoms with Gasteiger partial charge in [-0.3, -0.25) is 9.59 Å². The number of rotatable bonds is 4. The van der Waals surface area contributed by atoms with E-state index in [2.05, 4.69) is 20.9 Å². The third-order valence-corrected chi connectivity index (χ3v) is 9.18. The van der Waals surface area contributed by atoms with E-state index in [0.29, 0.717) is 30.2 Å². The highest BCUT2D eigenvalue weighted by molar-refractivity contribution is 5.92. The molecule has 2 aliphatic carbocycles. The maximum atomic E-state index is 13.8. The molecule has 2 amide bonds. The average Bonchev–Trinajstić information content (AvgIpc) is 3.51. The minimum atomic E-state index is -1.34. The first-order valence-corrected chi connectivity index (χ1v) is 14.5. The number of nitrogens with zero attached hydrogens (tertiary/aromatic N) is 2. The van der Waals surface area contributed by atoms with Crippen molar-refractivity contribution in [2.75, 3.05) is 31.6 Å². The van der Waals surface area contributed by atoms with Crippen LogP contribution in [0, 0.1) is 11.8 Å². The van der Waals surface area contributed by atoms with Gasteiger partial charge in [0.05, 0.1) is 30.4 Å². The number of aliphatic hydroxyl groups excluding tert-OH is 1. The van der Waals surface area contributed by atoms with Gasteiger partial charge in [0.25, 0.3) is 0 Å². The monoisotopic (exact) mass is 557 g/mol. The quantitative estimate of drug-likeness (QED) is 0.452. The topological polar surface area (TPSA) is 125 Å². The van der Waals surface area contributed by atoms with Gasteiger partial charge in [0.1, 0.15) is 12.4 Å². The number of aliphatic hydroxyl groups is 1. The average molecular weight is 558 g/mol. The molecule has 5 unspecified atom stereocenters. The molecule has 3 fully saturated rings. The maximum Gasteiger partial charge on any atom is 0.245 e. The molecule has 2 aromatic rings. The van der Waals surface area contributed by atoms with E-state index in [1.165, 1.54) is 0 Å². The molecule has 1 aromatic heterocycles. The van der Waals surface area contributed by atoms with Gasteiger partial charge < -0.3 is 35.4 Å². The van der Waals surface area contributed by atoms with Crippen LogP contribution in [0.3, 0.4) is 0 Å². The number of amides is 2. The third kappa shape index (κ3) is 4.55. The van der Waals surface area contributed by atoms with Crippen LogP contribution in [-0.2, 0) is 24.8 Å². The molecule has 7 rings (SSSR count). The number of piperazine rings is 1. The highest BCUT2D eigenvalue weighted by atomic mass is 16.7. The van der Waals surface area contributed by atoms with Crippen molar-refractivity contribution in [1.29, 1.82) is 0 Å². The van der Waals surface area contributed by atoms with E-state index in [0.717, 1.165) is 31.2 Å². The van der Waals surface area contributed by atoms with Gasteiger partial charge in [-0.2, -0.15) is 0 Å². The summed E-state index contributed by atoms with van der Waals surface area (Å²) in [7, 11) is 0. The molecule has 2 spiro atoms. The Morgan fingerprint density at radius 2 is 1.88 bits per heavy atom. The first kappa shape index (κ1) is 26.3. The molecule has 4 heterocycles. The number of allylic oxidation sites excluding steroid dienone is 1. The summed E-state index contributed by atoms with van der Waals surface area (Å²) in [6, 6.07) is 13.3. The van der Waals surface area contributed by atoms with Gasteiger partial charge >= 0.3 is 0 Å². The fraction of sp³-hybridized carbons (Fsp3) is 0.452. The Kier molecular flexibility index (Phi) is 6.66. The van der Waals surface area contributed by atoms with Crippen molar-refractivity contribution < 1.29 is 24.2 Å². The molecule has 10 nitrogen and oxygen atoms in total. The van der Waals surface area contributed by atoms with Crippen molar-refractivity contribution in [2.24, 2.45) is 11.8 Å². The van der Waals surface area contributed by atoms with Crippen LogP contribution in [0.4, 0.5) is 5.82 Å². The van der Waals surface area contributed by atoms with Crippen molar-refractivity contribution >= 4 is 17.6 Å². The molecule has 5 aliphatic rings. The molecule has 10 heteroatoms. The summed E-state index contributed by atoms with van der Waals surface area (Å²) in [6.07, 6.45) is 10.1. The standard InChI is InChI=1S/C31H35N5O5/c37-26(17-36-25(20-7-2-1-3-8-20)16-33-30(29(36)39)12-4-5-13-30)34-23-11-10-21-18-40-31(41-19-22(21)15-23)24-9-6-14-32-27(24)35-28(31)38/h1-3,6-11,14-15,21-22,25,28,33,38H,4-5,12-13,16-19H2,(H,32,35)(H,34,37). The van der Waals surface area contributed by atoms with E-state index in [1.807, 2.05) is 54.6 Å². The molecule has 41 heavy (non-hydrogen) atoms. The summed E-state index contributed by atoms with van der Waals surface area (Å²) in [4.78, 5) is 33.3. The summed E-state index contributed by atoms with van der Waals surface area (Å²) in [5.74, 6) is -1.07. The predicted octanol–water partition coefficient (Wildman–Crippen LogP) is 2.31. The number of aromatic nitrogens is 1. The van der Waals surface area contributed by atoms with Crippen LogP contribution in [0.1, 0.15) is 42.9 Å². The molecular weight excluding hydrogens is 522 g/mol. The van der Waals surface area contributed by atoms with Gasteiger partial charge in [0.2, 0.25) is 17.6 Å². The van der Waals surface area contributed by atoms with Gasteiger partial charge in [0, 0.05) is 30.3 Å². The number of anilines is 1. The fourth-order valence-electron chi connectivity index (χ4n) is 6.96. The minimum absolute atomic E-state index is 0.0107. The van der Waals surface area contributed by atoms with Crippen LogP contribution in [0.25, 0.3) is 0 Å². The second-order valence-corrected chi connectivity index (χ2v) is 11.6. The fourth-order valence-corrected chi connectivity index (χ4v) is 6.96. The van der Waals surface area contributed by atoms with Gasteiger partial charge in [0.15, 0.2) is 6.23 Å². The molecule has 2 saturated heterocycles. The Labute approximate surface area is 238 Å². The number of carbonyl (C=O) groups excluding carboxylic acids is 2. The first-order valence-electron chi connectivity index (χ1n) is 14.5. The zero-order chi connectivity index (χ0) is 28.0. The lowest BCUT2D eigenvalue weighted by molar-refractivity contribution is -0.273. The first-order chi connectivity index (χ1) is 20.0. The number of fused-ring (bicyclic) bond motifs is 3. The normalized spacial score (nSPS) is 31.8. The Balaban J connectivity index is 1.06. The van der Waals surface area contributed by atoms with E-state index < -0.39 is 17.6 Å². The number of hydrogen-bond donors (Lipinski definition) is 4. The second kappa shape index (κ2) is 10.4. The molecule has 0 bridgehead atoms. The maximum absolute atomic E-state index is 13.8. The van der Waals surface area contributed by atoms with E-state index in [9.17, 15) is 14.7 Å². The summed E-state index contributed by atoms with van der Waals surface area (Å²) >= 11 is 0. The lowest BCUT2D eigenvalue weighted by Gasteiger charge is -2.45. The van der Waals surface area contributed by atoms with E-state index in [-0.39, 0.29) is 42.8 Å². The zero-order valence-electron chi connectivity index (χ0n) is 22.8. The predicted molar refractivity (Wildman–Crippen MR) is 150 cm³/mol. The lowest BCUT2D eigenvalue weighted by Crippen LogP contribution is -2.65. The second-order valence-electron chi connectivity index (χ2n) is 11.6. The Morgan fingerprint density at radius 3 is 2.68 bits per heavy atom. The van der Waals surface area contributed by atoms with Crippen molar-refractivity contribution in [3.8, 4) is 0 Å². The summed E-state index contributed by atoms with van der Waals surface area (Å²) in [5, 5.41) is 20.3. The van der Waals surface area contributed by atoms with Gasteiger partial charge in [-0.05, 0) is 36.6 Å². The van der Waals surface area contributed by atoms with Crippen LogP contribution in [0.5, 0.6) is 0 Å². The SMILES string of the molecule is O=C(CN1C(=O)C2(CCCC2)NCC1c1ccccc1)NC1=CC2COC3(OCC2C=C1)c1cccnc1NC3O. The number of benzene rings is 1. The molecule has 214 valence electrons. The number of ether oxygens (including phenoxy) is 2. The number of hydrogen-bond acceptors (Lipinski definition) is 8. The summed E-state index contributed by atoms with van der Waals surface area (Å²) in [6.45, 7) is 1.22. The Morgan fingerprint density at radius 1 is 1.10 bits per heavy atom. The van der Waals surface area contributed by atoms with Crippen molar-refractivity contribution in [3.05, 3.63) is 83.7 Å². The molecule has 3 aliphatic heterocycles. The lowest BCUT2D eigenvalue weighted by atomic mass is 9.88. The molecule has 0 radical (unpaired) electrons. The van der Waals surface area contributed by atoms with Crippen molar-refractivity contribution in [1.82, 2.24) is 20.5 Å². The van der Waals surface area contributed by atoms with Gasteiger partial charge in [-0.15, -0.1) is 0 Å². The third-order valence-electron chi connectivity index (χ3n) is 9.18. The van der Waals surface area contributed by atoms with Crippen molar-refractivity contribution in [3.63, 3.8) is 0 Å². The molecule has 1 saturated carbocycles. The Hall–Kier alpha value is -3.57. The van der Waals surface area contributed by atoms with Gasteiger partial charge in [-0.1, -0.05) is 55.3 Å². The van der Waals surface area contributed by atoms with E-state index in [1.54, 1.807) is 17.2 Å². The Bertz CT molecular complexity index is 1390. The van der Waals surface area contributed by atoms with E-state index >= 15 is 0 Å². The van der Waals surface area contributed by atoms with E-state index in [4.69, 9.17) is 9.47 Å². The number of pyridine rings is 1. The molecule has 1 aromatic carbocycles.